The number of alkyl halides is 1. The molecule has 2 N–H and O–H groups in total. The second-order valence-corrected chi connectivity index (χ2v) is 3.35. The van der Waals surface area contributed by atoms with Gasteiger partial charge >= 0.3 is 0 Å². The van der Waals surface area contributed by atoms with E-state index in [0.717, 1.165) is 11.0 Å². The van der Waals surface area contributed by atoms with Gasteiger partial charge in [0, 0.05) is 4.43 Å². The normalized spacial score (nSPS) is 14.3. The van der Waals surface area contributed by atoms with Crippen LogP contribution in [0.15, 0.2) is 0 Å². The summed E-state index contributed by atoms with van der Waals surface area (Å²) in [5, 5.41) is 12.0. The summed E-state index contributed by atoms with van der Waals surface area (Å²) in [6.45, 7) is 5.13. The average Bonchev–Trinajstić information content (AvgIpc) is 1.83. The second kappa shape index (κ2) is 5.44. The number of nitrogens with one attached hydrogen (secondary N) is 1. The molecule has 0 heterocycles. The summed E-state index contributed by atoms with van der Waals surface area (Å²) in [6, 6.07) is 0. The monoisotopic (exact) mass is 243 g/mol. The first-order valence-corrected chi connectivity index (χ1v) is 4.66. The van der Waals surface area contributed by atoms with Gasteiger partial charge in [-0.3, -0.25) is 5.32 Å². The zero-order valence-electron chi connectivity index (χ0n) is 5.89. The van der Waals surface area contributed by atoms with Gasteiger partial charge in [-0.05, 0) is 12.5 Å². The molecule has 0 saturated carbocycles. The third kappa shape index (κ3) is 6.54. The van der Waals surface area contributed by atoms with Crippen LogP contribution in [0.3, 0.4) is 0 Å². The Morgan fingerprint density at radius 2 is 2.11 bits per heavy atom. The predicted molar refractivity (Wildman–Crippen MR) is 47.7 cm³/mol. The van der Waals surface area contributed by atoms with Gasteiger partial charge in [-0.1, -0.05) is 36.4 Å². The molecule has 1 unspecified atom stereocenters. The molecule has 0 spiro atoms. The molecule has 1 atom stereocenters. The molecule has 9 heavy (non-hydrogen) atoms. The molecule has 0 amide bonds. The van der Waals surface area contributed by atoms with Gasteiger partial charge in [0.25, 0.3) is 0 Å². The van der Waals surface area contributed by atoms with E-state index in [-0.39, 0.29) is 6.23 Å². The Hall–Kier alpha value is 0.650. The summed E-state index contributed by atoms with van der Waals surface area (Å²) >= 11 is 2.15. The van der Waals surface area contributed by atoms with Gasteiger partial charge < -0.3 is 5.11 Å². The maximum Gasteiger partial charge on any atom is 0.113 e. The molecule has 0 aliphatic rings. The molecule has 0 fully saturated rings. The van der Waals surface area contributed by atoms with Gasteiger partial charge in [0.1, 0.15) is 6.23 Å². The van der Waals surface area contributed by atoms with Crippen molar-refractivity contribution in [2.75, 3.05) is 11.0 Å². The minimum absolute atomic E-state index is 0.326. The van der Waals surface area contributed by atoms with Crippen molar-refractivity contribution in [2.45, 2.75) is 20.1 Å². The quantitative estimate of drug-likeness (QED) is 0.438. The van der Waals surface area contributed by atoms with E-state index < -0.39 is 0 Å². The third-order valence-electron chi connectivity index (χ3n) is 0.908. The highest BCUT2D eigenvalue weighted by Crippen LogP contribution is 1.90. The number of aliphatic hydroxyl groups is 1. The molecule has 0 radical (unpaired) electrons. The van der Waals surface area contributed by atoms with E-state index in [1.165, 1.54) is 0 Å². The number of halogens is 1. The fourth-order valence-corrected chi connectivity index (χ4v) is 0.738. The largest absolute Gasteiger partial charge is 0.378 e. The van der Waals surface area contributed by atoms with E-state index in [1.54, 1.807) is 0 Å². The lowest BCUT2D eigenvalue weighted by Crippen LogP contribution is -2.32. The van der Waals surface area contributed by atoms with Crippen LogP contribution in [0.5, 0.6) is 0 Å². The second-order valence-electron chi connectivity index (χ2n) is 2.47. The molecule has 0 aromatic heterocycles. The van der Waals surface area contributed by atoms with Crippen LogP contribution < -0.4 is 5.32 Å². The Labute approximate surface area is 70.2 Å². The fraction of sp³-hybridized carbons (Fsp3) is 1.00. The van der Waals surface area contributed by atoms with Crippen LogP contribution in [0.2, 0.25) is 0 Å². The van der Waals surface area contributed by atoms with E-state index in [9.17, 15) is 0 Å². The maximum atomic E-state index is 8.99. The van der Waals surface area contributed by atoms with Gasteiger partial charge in [-0.2, -0.15) is 0 Å². The Morgan fingerprint density at radius 1 is 1.56 bits per heavy atom. The van der Waals surface area contributed by atoms with Gasteiger partial charge in [-0.15, -0.1) is 0 Å². The summed E-state index contributed by atoms with van der Waals surface area (Å²) in [6.07, 6.45) is -0.326. The highest BCUT2D eigenvalue weighted by atomic mass is 127. The minimum Gasteiger partial charge on any atom is -0.378 e. The topological polar surface area (TPSA) is 32.3 Å². The molecular formula is C6H14INO. The summed E-state index contributed by atoms with van der Waals surface area (Å²) < 4.78 is 0.754. The number of hydrogen-bond acceptors (Lipinski definition) is 2. The van der Waals surface area contributed by atoms with Crippen molar-refractivity contribution in [3.05, 3.63) is 0 Å². The first-order chi connectivity index (χ1) is 4.16. The van der Waals surface area contributed by atoms with E-state index in [0.29, 0.717) is 5.92 Å². The molecule has 0 aliphatic heterocycles. The van der Waals surface area contributed by atoms with E-state index in [2.05, 4.69) is 41.8 Å². The molecule has 0 saturated heterocycles. The van der Waals surface area contributed by atoms with Gasteiger partial charge in [0.2, 0.25) is 0 Å². The summed E-state index contributed by atoms with van der Waals surface area (Å²) in [4.78, 5) is 0. The van der Waals surface area contributed by atoms with Crippen LogP contribution in [0, 0.1) is 5.92 Å². The summed E-state index contributed by atoms with van der Waals surface area (Å²) in [5.74, 6) is 0.614. The van der Waals surface area contributed by atoms with Crippen LogP contribution >= 0.6 is 22.6 Å². The standard InChI is InChI=1S/C6H14INO/c1-5(2)4-8-6(9)3-7/h5-6,8-9H,3-4H2,1-2H3. The number of hydrogen-bond donors (Lipinski definition) is 2. The smallest absolute Gasteiger partial charge is 0.113 e. The van der Waals surface area contributed by atoms with E-state index >= 15 is 0 Å². The van der Waals surface area contributed by atoms with Crippen molar-refractivity contribution in [2.24, 2.45) is 5.92 Å². The average molecular weight is 243 g/mol. The van der Waals surface area contributed by atoms with Crippen molar-refractivity contribution in [3.8, 4) is 0 Å². The summed E-state index contributed by atoms with van der Waals surface area (Å²) in [7, 11) is 0. The van der Waals surface area contributed by atoms with Crippen LogP contribution in [0.4, 0.5) is 0 Å². The molecule has 0 rings (SSSR count). The van der Waals surface area contributed by atoms with Crippen molar-refractivity contribution in [3.63, 3.8) is 0 Å². The Morgan fingerprint density at radius 3 is 2.44 bits per heavy atom. The molecule has 2 nitrogen and oxygen atoms in total. The first kappa shape index (κ1) is 9.65. The fourth-order valence-electron chi connectivity index (χ4n) is 0.426. The third-order valence-corrected chi connectivity index (χ3v) is 1.74. The minimum atomic E-state index is -0.326. The first-order valence-electron chi connectivity index (χ1n) is 3.14. The maximum absolute atomic E-state index is 8.99. The summed E-state index contributed by atoms with van der Waals surface area (Å²) in [5.41, 5.74) is 0. The molecule has 56 valence electrons. The van der Waals surface area contributed by atoms with Crippen molar-refractivity contribution in [1.82, 2.24) is 5.32 Å². The lowest BCUT2D eigenvalue weighted by molar-refractivity contribution is 0.159. The lowest BCUT2D eigenvalue weighted by atomic mass is 10.2. The molecular weight excluding hydrogens is 229 g/mol. The highest BCUT2D eigenvalue weighted by Gasteiger charge is 1.99. The zero-order valence-corrected chi connectivity index (χ0v) is 8.05. The van der Waals surface area contributed by atoms with Crippen LogP contribution in [-0.4, -0.2) is 22.3 Å². The van der Waals surface area contributed by atoms with Crippen LogP contribution in [-0.2, 0) is 0 Å². The Kier molecular flexibility index (Phi) is 5.83. The van der Waals surface area contributed by atoms with E-state index in [4.69, 9.17) is 5.11 Å². The Balaban J connectivity index is 3.06. The van der Waals surface area contributed by atoms with Crippen molar-refractivity contribution < 1.29 is 5.11 Å². The molecule has 0 bridgehead atoms. The number of aliphatic hydroxyl groups excluding tert-OH is 1. The highest BCUT2D eigenvalue weighted by molar-refractivity contribution is 14.1. The van der Waals surface area contributed by atoms with Crippen molar-refractivity contribution >= 4 is 22.6 Å². The zero-order chi connectivity index (χ0) is 7.28. The molecule has 0 aromatic rings. The van der Waals surface area contributed by atoms with Gasteiger partial charge in [-0.25, -0.2) is 0 Å². The molecule has 0 aromatic carbocycles. The molecule has 3 heteroatoms. The number of rotatable bonds is 4. The predicted octanol–water partition coefficient (Wildman–Crippen LogP) is 0.985. The molecule has 0 aliphatic carbocycles. The van der Waals surface area contributed by atoms with Crippen LogP contribution in [0.1, 0.15) is 13.8 Å². The Bertz CT molecular complexity index is 68.1. The lowest BCUT2D eigenvalue weighted by Gasteiger charge is -2.10. The van der Waals surface area contributed by atoms with Crippen LogP contribution in [0.25, 0.3) is 0 Å². The van der Waals surface area contributed by atoms with E-state index in [1.807, 2.05) is 0 Å². The van der Waals surface area contributed by atoms with Crippen molar-refractivity contribution in [1.29, 1.82) is 0 Å². The van der Waals surface area contributed by atoms with Gasteiger partial charge in [0.05, 0.1) is 0 Å². The van der Waals surface area contributed by atoms with Gasteiger partial charge in [0.15, 0.2) is 0 Å². The SMILES string of the molecule is CC(C)CNC(O)CI.